The van der Waals surface area contributed by atoms with Gasteiger partial charge >= 0.3 is 25.4 Å². The Morgan fingerprint density at radius 2 is 1.25 bits per heavy atom. The van der Waals surface area contributed by atoms with Crippen LogP contribution in [0.15, 0.2) is 0 Å². The van der Waals surface area contributed by atoms with E-state index in [9.17, 15) is 0 Å². The van der Waals surface area contributed by atoms with Crippen LogP contribution >= 0.6 is 0 Å². The molecular weight excluding hydrogens is 335 g/mol. The maximum Gasteiger partial charge on any atom is 0 e. The van der Waals surface area contributed by atoms with Crippen molar-refractivity contribution in [3.63, 3.8) is 0 Å². The fraction of sp³-hybridized carbons (Fsp3) is 0. The molecule has 0 heterocycles. The minimum absolute atomic E-state index is 0. The number of hydrogen-bond donors (Lipinski definition) is 0. The van der Waals surface area contributed by atoms with Gasteiger partial charge in [0.15, 0.2) is 0 Å². The van der Waals surface area contributed by atoms with Gasteiger partial charge in [0.2, 0.25) is 0 Å². The smallest absolute Gasteiger partial charge is 0 e. The van der Waals surface area contributed by atoms with Gasteiger partial charge < -0.3 is 0 Å². The molecule has 2 radical (unpaired) electrons. The molecule has 4 heteroatoms. The predicted molar refractivity (Wildman–Crippen MR) is 12.2 cm³/mol. The molecule has 0 aromatic rings. The van der Waals surface area contributed by atoms with Crippen LogP contribution in [0, 0.1) is 0 Å². The molecule has 20 valence electrons. The summed E-state index contributed by atoms with van der Waals surface area (Å²) in [6.07, 6.45) is 0. The van der Waals surface area contributed by atoms with Crippen molar-refractivity contribution < 1.29 is 30.4 Å². The van der Waals surface area contributed by atoms with E-state index < -0.39 is 0 Å². The van der Waals surface area contributed by atoms with Gasteiger partial charge in [-0.3, -0.25) is 0 Å². The van der Waals surface area contributed by atoms with Gasteiger partial charge in [0.1, 0.15) is 0 Å². The first-order valence-corrected chi connectivity index (χ1v) is 1.12. The van der Waals surface area contributed by atoms with Gasteiger partial charge in [0.25, 0.3) is 0 Å². The van der Waals surface area contributed by atoms with Crippen molar-refractivity contribution >= 4 is 39.3 Å². The molecule has 0 fully saturated rings. The SMILES string of the molecule is O=[Te].[Cd].[Se]. The molecule has 0 atom stereocenters. The van der Waals surface area contributed by atoms with E-state index in [1.165, 1.54) is 0 Å². The van der Waals surface area contributed by atoms with Crippen LogP contribution in [0.5, 0.6) is 0 Å². The molecular formula is CdOSeTe. The fourth-order valence-electron chi connectivity index (χ4n) is 0. The van der Waals surface area contributed by atoms with Crippen LogP contribution in [-0.2, 0) is 30.4 Å². The minimum atomic E-state index is 0. The summed E-state index contributed by atoms with van der Waals surface area (Å²) in [5, 5.41) is 0. The first-order valence-electron chi connectivity index (χ1n) is 0.167. The van der Waals surface area contributed by atoms with Gasteiger partial charge in [-0.25, -0.2) is 0 Å². The van der Waals surface area contributed by atoms with Crippen LogP contribution < -0.4 is 0 Å². The molecule has 0 amide bonds. The zero-order chi connectivity index (χ0) is 2.00. The van der Waals surface area contributed by atoms with E-state index in [0.29, 0.717) is 22.3 Å². The van der Waals surface area contributed by atoms with Crippen molar-refractivity contribution in [2.75, 3.05) is 0 Å². The van der Waals surface area contributed by atoms with E-state index in [2.05, 4.69) is 0 Å². The van der Waals surface area contributed by atoms with Gasteiger partial charge in [-0.15, -0.1) is 0 Å². The molecule has 0 spiro atoms. The van der Waals surface area contributed by atoms with E-state index in [1.807, 2.05) is 0 Å². The summed E-state index contributed by atoms with van der Waals surface area (Å²) in [6.45, 7) is 0. The second-order valence-electron chi connectivity index (χ2n) is 0. The maximum atomic E-state index is 8.26. The van der Waals surface area contributed by atoms with Crippen molar-refractivity contribution in [2.45, 2.75) is 0 Å². The van der Waals surface area contributed by atoms with Crippen molar-refractivity contribution in [1.82, 2.24) is 0 Å². The second kappa shape index (κ2) is 19.8. The Labute approximate surface area is 68.8 Å². The normalized spacial score (nSPS) is 1.00. The summed E-state index contributed by atoms with van der Waals surface area (Å²) < 4.78 is 8.26. The molecule has 0 aromatic carbocycles. The molecule has 0 aliphatic heterocycles. The van der Waals surface area contributed by atoms with Crippen molar-refractivity contribution in [2.24, 2.45) is 0 Å². The molecule has 1 nitrogen and oxygen atoms in total. The van der Waals surface area contributed by atoms with Crippen molar-refractivity contribution in [3.8, 4) is 0 Å². The average molecular weight is 335 g/mol. The third-order valence-corrected chi connectivity index (χ3v) is 0. The van der Waals surface area contributed by atoms with Crippen LogP contribution in [-0.4, -0.2) is 39.3 Å². The quantitative estimate of drug-likeness (QED) is 0.526. The second-order valence-corrected chi connectivity index (χ2v) is 0. The van der Waals surface area contributed by atoms with E-state index in [0.717, 1.165) is 0 Å². The Hall–Kier alpha value is 2.03. The monoisotopic (exact) mass is 340 g/mol. The standard InChI is InChI=1S/Cd.OTe.Se/c;1-2;. The van der Waals surface area contributed by atoms with E-state index in [4.69, 9.17) is 3.10 Å². The molecule has 0 N–H and O–H groups in total. The van der Waals surface area contributed by atoms with Crippen LogP contribution in [0.4, 0.5) is 0 Å². The Bertz CT molecular complexity index is 8.00. The Balaban J connectivity index is -0.00000000500. The summed E-state index contributed by atoms with van der Waals surface area (Å²) in [5.74, 6) is 0. The molecule has 0 saturated heterocycles. The van der Waals surface area contributed by atoms with Crippen LogP contribution in [0.1, 0.15) is 0 Å². The summed E-state index contributed by atoms with van der Waals surface area (Å²) in [4.78, 5) is 0. The first-order chi connectivity index (χ1) is 1.00. The average Bonchev–Trinajstić information content (AvgIpc) is 1.00. The zero-order valence-electron chi connectivity index (χ0n) is 1.93. The minimum Gasteiger partial charge on any atom is 0 e. The van der Waals surface area contributed by atoms with E-state index in [-0.39, 0.29) is 44.4 Å². The largest absolute Gasteiger partial charge is 0 e. The molecule has 0 unspecified atom stereocenters. The molecule has 0 bridgehead atoms. The first kappa shape index (κ1) is 16.6. The molecule has 0 rings (SSSR count). The molecule has 0 aromatic heterocycles. The summed E-state index contributed by atoms with van der Waals surface area (Å²) in [6, 6.07) is 0. The Morgan fingerprint density at radius 1 is 1.25 bits per heavy atom. The Morgan fingerprint density at radius 3 is 1.25 bits per heavy atom. The summed E-state index contributed by atoms with van der Waals surface area (Å²) >= 11 is 0.700. The third-order valence-electron chi connectivity index (χ3n) is 0. The zero-order valence-corrected chi connectivity index (χ0v) is 10.0. The molecule has 0 saturated carbocycles. The summed E-state index contributed by atoms with van der Waals surface area (Å²) in [7, 11) is 0. The van der Waals surface area contributed by atoms with Gasteiger partial charge in [-0.2, -0.15) is 0 Å². The summed E-state index contributed by atoms with van der Waals surface area (Å²) in [5.41, 5.74) is 0. The van der Waals surface area contributed by atoms with E-state index >= 15 is 0 Å². The predicted octanol–water partition coefficient (Wildman–Crippen LogP) is -0.883. The molecule has 0 aliphatic carbocycles. The Kier molecular flexibility index (Phi) is 82.3. The van der Waals surface area contributed by atoms with E-state index in [1.54, 1.807) is 0 Å². The molecule has 4 heavy (non-hydrogen) atoms. The third kappa shape index (κ3) is 8.98. The number of rotatable bonds is 0. The van der Waals surface area contributed by atoms with Crippen LogP contribution in [0.2, 0.25) is 0 Å². The van der Waals surface area contributed by atoms with Gasteiger partial charge in [0.05, 0.1) is 0 Å². The van der Waals surface area contributed by atoms with Crippen LogP contribution in [0.25, 0.3) is 0 Å². The number of hydrogen-bond acceptors (Lipinski definition) is 1. The molecule has 0 aliphatic rings. The van der Waals surface area contributed by atoms with Gasteiger partial charge in [-0.1, -0.05) is 0 Å². The maximum absolute atomic E-state index is 8.26. The topological polar surface area (TPSA) is 17.1 Å². The van der Waals surface area contributed by atoms with Gasteiger partial charge in [-0.05, 0) is 0 Å². The van der Waals surface area contributed by atoms with Crippen molar-refractivity contribution in [3.05, 3.63) is 0 Å². The fourth-order valence-corrected chi connectivity index (χ4v) is 0. The van der Waals surface area contributed by atoms with Crippen molar-refractivity contribution in [1.29, 1.82) is 0 Å². The van der Waals surface area contributed by atoms with Crippen LogP contribution in [0.3, 0.4) is 0 Å². The van der Waals surface area contributed by atoms with Gasteiger partial charge in [0, 0.05) is 44.4 Å².